The first-order chi connectivity index (χ1) is 15.3. The number of ketones is 1. The van der Waals surface area contributed by atoms with Crippen molar-refractivity contribution in [3.63, 3.8) is 0 Å². The number of hydrogen-bond donors (Lipinski definition) is 3. The average molecular weight is 471 g/mol. The van der Waals surface area contributed by atoms with Crippen LogP contribution in [0.5, 0.6) is 0 Å². The Hall–Kier alpha value is -2.99. The van der Waals surface area contributed by atoms with Gasteiger partial charge in [0.05, 0.1) is 17.2 Å². The molecule has 0 heterocycles. The first-order valence-corrected chi connectivity index (χ1v) is 11.2. The fourth-order valence-electron chi connectivity index (χ4n) is 3.85. The predicted octanol–water partition coefficient (Wildman–Crippen LogP) is 6.83. The average Bonchev–Trinajstić information content (AvgIpc) is 3.70. The molecule has 3 N–H and O–H groups in total. The summed E-state index contributed by atoms with van der Waals surface area (Å²) in [5, 5.41) is 27.7. The molecular formula is C28H38O6. The van der Waals surface area contributed by atoms with Crippen LogP contribution in [-0.2, 0) is 0 Å². The van der Waals surface area contributed by atoms with Crippen LogP contribution in [0.25, 0.3) is 0 Å². The molecule has 186 valence electrons. The molecule has 0 amide bonds. The summed E-state index contributed by atoms with van der Waals surface area (Å²) in [6.07, 6.45) is 5.00. The molecular weight excluding hydrogens is 432 g/mol. The zero-order valence-electron chi connectivity index (χ0n) is 18.5. The second kappa shape index (κ2) is 12.5. The highest BCUT2D eigenvalue weighted by atomic mass is 16.4. The predicted molar refractivity (Wildman–Crippen MR) is 134 cm³/mol. The van der Waals surface area contributed by atoms with Crippen molar-refractivity contribution >= 4 is 17.7 Å². The Bertz CT molecular complexity index is 1020. The minimum Gasteiger partial charge on any atom is -0.478 e. The van der Waals surface area contributed by atoms with E-state index >= 15 is 0 Å². The summed E-state index contributed by atoms with van der Waals surface area (Å²) < 4.78 is 0. The molecule has 0 saturated heterocycles. The van der Waals surface area contributed by atoms with E-state index in [4.69, 9.17) is 10.2 Å². The van der Waals surface area contributed by atoms with Gasteiger partial charge >= 0.3 is 11.9 Å². The number of carboxylic acid groups (broad SMARTS) is 2. The summed E-state index contributed by atoms with van der Waals surface area (Å²) in [6, 6.07) is 10.00. The third-order valence-corrected chi connectivity index (χ3v) is 6.04. The van der Waals surface area contributed by atoms with Crippen molar-refractivity contribution in [3.8, 4) is 0 Å². The quantitative estimate of drug-likeness (QED) is 0.364. The normalized spacial score (nSPS) is 15.0. The molecule has 2 aliphatic carbocycles. The lowest BCUT2D eigenvalue weighted by Crippen LogP contribution is -2.05. The fraction of sp³-hybridized carbons (Fsp3) is 0.464. The highest BCUT2D eigenvalue weighted by Crippen LogP contribution is 2.44. The lowest BCUT2D eigenvalue weighted by atomic mass is 9.95. The molecule has 0 aliphatic heterocycles. The third-order valence-electron chi connectivity index (χ3n) is 6.04. The smallest absolute Gasteiger partial charge is 0.335 e. The lowest BCUT2D eigenvalue weighted by Gasteiger charge is -2.14. The Balaban J connectivity index is 0.000000321. The van der Waals surface area contributed by atoms with Gasteiger partial charge in [-0.15, -0.1) is 0 Å². The minimum absolute atomic E-state index is 0. The van der Waals surface area contributed by atoms with Gasteiger partial charge in [0.15, 0.2) is 5.78 Å². The summed E-state index contributed by atoms with van der Waals surface area (Å²) in [7, 11) is 0. The van der Waals surface area contributed by atoms with Crippen molar-refractivity contribution in [1.82, 2.24) is 0 Å². The summed E-state index contributed by atoms with van der Waals surface area (Å²) >= 11 is 0. The summed E-state index contributed by atoms with van der Waals surface area (Å²) in [6.45, 7) is 3.70. The van der Waals surface area contributed by atoms with E-state index in [-0.39, 0.29) is 31.8 Å². The zero-order chi connectivity index (χ0) is 23.4. The van der Waals surface area contributed by atoms with Crippen molar-refractivity contribution in [2.24, 2.45) is 0 Å². The molecule has 1 atom stereocenters. The van der Waals surface area contributed by atoms with Crippen LogP contribution in [0.2, 0.25) is 0 Å². The van der Waals surface area contributed by atoms with E-state index in [2.05, 4.69) is 0 Å². The van der Waals surface area contributed by atoms with Crippen LogP contribution in [-0.4, -0.2) is 33.0 Å². The van der Waals surface area contributed by atoms with Crippen LogP contribution in [0, 0.1) is 0 Å². The van der Waals surface area contributed by atoms with E-state index < -0.39 is 18.0 Å². The van der Waals surface area contributed by atoms with E-state index in [0.29, 0.717) is 30.2 Å². The number of carbonyl (C=O) groups is 3. The topological polar surface area (TPSA) is 112 Å². The Labute approximate surface area is 202 Å². The van der Waals surface area contributed by atoms with Crippen LogP contribution >= 0.6 is 0 Å². The number of aliphatic hydroxyl groups excluding tert-OH is 1. The lowest BCUT2D eigenvalue weighted by molar-refractivity contribution is 0.0685. The highest BCUT2D eigenvalue weighted by Gasteiger charge is 2.29. The molecule has 2 aliphatic rings. The Morgan fingerprint density at radius 3 is 1.74 bits per heavy atom. The van der Waals surface area contributed by atoms with E-state index in [1.807, 2.05) is 13.0 Å². The number of rotatable bonds is 8. The molecule has 34 heavy (non-hydrogen) atoms. The molecule has 2 fully saturated rings. The maximum Gasteiger partial charge on any atom is 0.335 e. The Morgan fingerprint density at radius 2 is 1.29 bits per heavy atom. The molecule has 2 saturated carbocycles. The maximum absolute atomic E-state index is 11.7. The number of carboxylic acids is 2. The van der Waals surface area contributed by atoms with E-state index in [1.54, 1.807) is 31.2 Å². The van der Waals surface area contributed by atoms with E-state index in [1.165, 1.54) is 6.07 Å². The van der Waals surface area contributed by atoms with Gasteiger partial charge in [0.1, 0.15) is 0 Å². The second-order valence-corrected chi connectivity index (χ2v) is 8.51. The van der Waals surface area contributed by atoms with Crippen molar-refractivity contribution < 1.29 is 29.7 Å². The molecule has 2 aromatic carbocycles. The first-order valence-electron chi connectivity index (χ1n) is 11.2. The van der Waals surface area contributed by atoms with Crippen LogP contribution in [0.3, 0.4) is 0 Å². The molecule has 6 nitrogen and oxygen atoms in total. The van der Waals surface area contributed by atoms with Crippen molar-refractivity contribution in [2.75, 3.05) is 0 Å². The van der Waals surface area contributed by atoms with Gasteiger partial charge < -0.3 is 15.3 Å². The number of Topliss-reactive ketones (excluding diaryl/α,β-unsaturated/α-hetero) is 1. The van der Waals surface area contributed by atoms with Crippen molar-refractivity contribution in [2.45, 2.75) is 85.2 Å². The molecule has 1 unspecified atom stereocenters. The SMILES string of the molecule is C.C.CCC(=O)c1cc(C(=O)O)ccc1C1CC1.CCC(O)c1cc(C(=O)O)ccc1C1CC1. The van der Waals surface area contributed by atoms with Gasteiger partial charge in [0.25, 0.3) is 0 Å². The van der Waals surface area contributed by atoms with Crippen LogP contribution in [0.15, 0.2) is 36.4 Å². The highest BCUT2D eigenvalue weighted by molar-refractivity contribution is 6.00. The largest absolute Gasteiger partial charge is 0.478 e. The van der Waals surface area contributed by atoms with Gasteiger partial charge in [-0.1, -0.05) is 40.8 Å². The Kier molecular flexibility index (Phi) is 10.6. The zero-order valence-corrected chi connectivity index (χ0v) is 18.5. The van der Waals surface area contributed by atoms with Gasteiger partial charge in [0, 0.05) is 12.0 Å². The van der Waals surface area contributed by atoms with Gasteiger partial charge in [-0.25, -0.2) is 9.59 Å². The standard InChI is InChI=1S/C13H16O3.C13H14O3.2CH4/c2*1-2-12(14)11-7-9(13(15)16)5-6-10(11)8-3-4-8;;/h5-8,12,14H,2-4H2,1H3,(H,15,16);5-8H,2-4H2,1H3,(H,15,16);2*1H4. The molecule has 0 aromatic heterocycles. The Morgan fingerprint density at radius 1 is 0.824 bits per heavy atom. The van der Waals surface area contributed by atoms with Gasteiger partial charge in [-0.2, -0.15) is 0 Å². The van der Waals surface area contributed by atoms with Crippen LogP contribution in [0.1, 0.15) is 133 Å². The maximum atomic E-state index is 11.7. The number of carbonyl (C=O) groups excluding carboxylic acids is 1. The van der Waals surface area contributed by atoms with Gasteiger partial charge in [-0.3, -0.25) is 4.79 Å². The van der Waals surface area contributed by atoms with Crippen LogP contribution in [0.4, 0.5) is 0 Å². The number of aliphatic hydroxyl groups is 1. The second-order valence-electron chi connectivity index (χ2n) is 8.51. The van der Waals surface area contributed by atoms with E-state index in [0.717, 1.165) is 42.4 Å². The summed E-state index contributed by atoms with van der Waals surface area (Å²) in [4.78, 5) is 33.5. The molecule has 0 spiro atoms. The number of hydrogen-bond acceptors (Lipinski definition) is 4. The van der Waals surface area contributed by atoms with Gasteiger partial charge in [-0.05, 0) is 84.9 Å². The summed E-state index contributed by atoms with van der Waals surface area (Å²) in [5.41, 5.74) is 4.00. The third kappa shape index (κ3) is 7.00. The molecule has 2 aromatic rings. The first kappa shape index (κ1) is 29.0. The summed E-state index contributed by atoms with van der Waals surface area (Å²) in [5.74, 6) is -0.892. The molecule has 0 radical (unpaired) electrons. The van der Waals surface area contributed by atoms with E-state index in [9.17, 15) is 19.5 Å². The minimum atomic E-state index is -0.979. The van der Waals surface area contributed by atoms with Crippen LogP contribution < -0.4 is 0 Å². The molecule has 0 bridgehead atoms. The monoisotopic (exact) mass is 470 g/mol. The van der Waals surface area contributed by atoms with Crippen molar-refractivity contribution in [1.29, 1.82) is 0 Å². The molecule has 4 rings (SSSR count). The molecule has 6 heteroatoms. The van der Waals surface area contributed by atoms with Gasteiger partial charge in [0.2, 0.25) is 0 Å². The number of aromatic carboxylic acids is 2. The number of benzene rings is 2. The fourth-order valence-corrected chi connectivity index (χ4v) is 3.85. The van der Waals surface area contributed by atoms with Crippen molar-refractivity contribution in [3.05, 3.63) is 69.8 Å².